The van der Waals surface area contributed by atoms with E-state index in [1.54, 1.807) is 23.2 Å². The molecule has 1 aromatic heterocycles. The number of alkyl halides is 2. The Morgan fingerprint density at radius 3 is 2.51 bits per heavy atom. The molecular formula is C20H24F2N3O9P. The van der Waals surface area contributed by atoms with Gasteiger partial charge in [-0.25, -0.2) is 9.36 Å². The molecule has 15 heteroatoms. The van der Waals surface area contributed by atoms with Gasteiger partial charge < -0.3 is 19.5 Å². The van der Waals surface area contributed by atoms with Gasteiger partial charge in [0.25, 0.3) is 5.56 Å². The second kappa shape index (κ2) is 10.4. The number of aromatic amines is 1. The van der Waals surface area contributed by atoms with Gasteiger partial charge in [0.2, 0.25) is 6.23 Å². The van der Waals surface area contributed by atoms with E-state index in [2.05, 4.69) is 5.09 Å². The number of rotatable bonds is 10. The molecule has 0 saturated carbocycles. The molecule has 1 aliphatic heterocycles. The normalized spacial score (nSPS) is 24.1. The Labute approximate surface area is 197 Å². The third-order valence-electron chi connectivity index (χ3n) is 5.09. The van der Waals surface area contributed by atoms with E-state index in [1.165, 1.54) is 26.0 Å². The zero-order chi connectivity index (χ0) is 26.0. The van der Waals surface area contributed by atoms with Gasteiger partial charge in [0.1, 0.15) is 17.9 Å². The number of hydrogen-bond acceptors (Lipinski definition) is 8. The molecule has 1 aliphatic rings. The van der Waals surface area contributed by atoms with Crippen LogP contribution in [0.25, 0.3) is 0 Å². The maximum Gasteiger partial charge on any atom is 0.459 e. The van der Waals surface area contributed by atoms with E-state index in [-0.39, 0.29) is 5.75 Å². The van der Waals surface area contributed by atoms with Gasteiger partial charge in [-0.1, -0.05) is 32.0 Å². The predicted molar refractivity (Wildman–Crippen MR) is 116 cm³/mol. The molecule has 0 bridgehead atoms. The van der Waals surface area contributed by atoms with Gasteiger partial charge in [-0.05, 0) is 18.1 Å². The molecule has 3 rings (SSSR count). The van der Waals surface area contributed by atoms with Crippen LogP contribution in [0, 0.1) is 5.92 Å². The molecule has 35 heavy (non-hydrogen) atoms. The Morgan fingerprint density at radius 1 is 1.29 bits per heavy atom. The van der Waals surface area contributed by atoms with Crippen molar-refractivity contribution in [1.29, 1.82) is 0 Å². The van der Waals surface area contributed by atoms with E-state index in [0.717, 1.165) is 12.3 Å². The van der Waals surface area contributed by atoms with Gasteiger partial charge >= 0.3 is 25.3 Å². The van der Waals surface area contributed by atoms with Crippen molar-refractivity contribution in [1.82, 2.24) is 14.6 Å². The number of carbonyl (C=O) groups is 1. The average molecular weight is 519 g/mol. The number of carboxylic acids is 1. The van der Waals surface area contributed by atoms with Crippen molar-refractivity contribution in [2.45, 2.75) is 44.2 Å². The highest BCUT2D eigenvalue weighted by Crippen LogP contribution is 2.48. The van der Waals surface area contributed by atoms with Gasteiger partial charge in [0.15, 0.2) is 6.10 Å². The first kappa shape index (κ1) is 26.7. The van der Waals surface area contributed by atoms with Crippen LogP contribution in [0.5, 0.6) is 5.75 Å². The number of hydrogen-bond donors (Lipinski definition) is 4. The number of halogens is 2. The molecule has 12 nitrogen and oxygen atoms in total. The third-order valence-corrected chi connectivity index (χ3v) is 6.63. The molecule has 5 atom stereocenters. The van der Waals surface area contributed by atoms with Crippen molar-refractivity contribution in [2.24, 2.45) is 5.92 Å². The summed E-state index contributed by atoms with van der Waals surface area (Å²) in [6, 6.07) is 6.99. The Balaban J connectivity index is 1.84. The van der Waals surface area contributed by atoms with Crippen LogP contribution in [0.15, 0.2) is 52.2 Å². The first-order chi connectivity index (χ1) is 16.3. The molecule has 4 N–H and O–H groups in total. The van der Waals surface area contributed by atoms with E-state index in [1.807, 2.05) is 0 Å². The summed E-state index contributed by atoms with van der Waals surface area (Å²) < 4.78 is 59.0. The van der Waals surface area contributed by atoms with E-state index < -0.39 is 67.9 Å². The van der Waals surface area contributed by atoms with Gasteiger partial charge in [0.05, 0.1) is 6.61 Å². The number of benzene rings is 1. The van der Waals surface area contributed by atoms with E-state index >= 15 is 0 Å². The van der Waals surface area contributed by atoms with Crippen LogP contribution in [0.4, 0.5) is 8.78 Å². The number of aliphatic hydroxyl groups is 1. The number of aliphatic carboxylic acids is 1. The summed E-state index contributed by atoms with van der Waals surface area (Å²) in [4.78, 5) is 36.6. The summed E-state index contributed by atoms with van der Waals surface area (Å²) in [5.41, 5.74) is -2.02. The fraction of sp³-hybridized carbons (Fsp3) is 0.450. The average Bonchev–Trinajstić information content (AvgIpc) is 3.00. The Morgan fingerprint density at radius 2 is 1.94 bits per heavy atom. The predicted octanol–water partition coefficient (Wildman–Crippen LogP) is 1.33. The second-order valence-electron chi connectivity index (χ2n) is 8.05. The highest BCUT2D eigenvalue weighted by Gasteiger charge is 2.60. The summed E-state index contributed by atoms with van der Waals surface area (Å²) in [7, 11) is -4.52. The summed E-state index contributed by atoms with van der Waals surface area (Å²) in [6.45, 7) is 2.15. The minimum atomic E-state index is -4.52. The number of aliphatic hydroxyl groups excluding tert-OH is 1. The molecule has 2 heterocycles. The topological polar surface area (TPSA) is 169 Å². The first-order valence-corrected chi connectivity index (χ1v) is 11.9. The lowest BCUT2D eigenvalue weighted by Gasteiger charge is -2.26. The van der Waals surface area contributed by atoms with Crippen LogP contribution in [-0.4, -0.2) is 56.5 Å². The van der Waals surface area contributed by atoms with Crippen molar-refractivity contribution in [2.75, 3.05) is 6.61 Å². The molecule has 1 fully saturated rings. The Kier molecular flexibility index (Phi) is 7.92. The van der Waals surface area contributed by atoms with Crippen molar-refractivity contribution in [3.05, 3.63) is 63.4 Å². The minimum absolute atomic E-state index is 0.0344. The standard InChI is InChI=1S/C20H24F2N3O9P/c1-11(2)15(17(28)29)24-35(31,34-12-6-4-3-5-7-12)32-10-13-16(27)20(21,22)18(33-13)25-9-8-14(26)23-19(25)30/h3-9,11,13,15-16,18,27H,10H2,1-2H3,(H,24,31)(H,28,29)(H,23,26,30)/t13-,15+,16-,18-,35?/m1/s1. The van der Waals surface area contributed by atoms with Crippen LogP contribution >= 0.6 is 7.75 Å². The number of nitrogens with zero attached hydrogens (tertiary/aromatic N) is 1. The number of nitrogens with one attached hydrogen (secondary N) is 2. The monoisotopic (exact) mass is 519 g/mol. The van der Waals surface area contributed by atoms with Crippen LogP contribution in [-0.2, 0) is 18.6 Å². The molecule has 2 aromatic rings. The van der Waals surface area contributed by atoms with Gasteiger partial charge in [-0.3, -0.25) is 23.7 Å². The molecule has 1 aromatic carbocycles. The van der Waals surface area contributed by atoms with Gasteiger partial charge in [-0.2, -0.15) is 13.9 Å². The fourth-order valence-corrected chi connectivity index (χ4v) is 4.93. The molecule has 1 unspecified atom stereocenters. The maximum atomic E-state index is 14.7. The molecule has 0 spiro atoms. The molecular weight excluding hydrogens is 495 g/mol. The van der Waals surface area contributed by atoms with Crippen molar-refractivity contribution in [3.8, 4) is 5.75 Å². The highest BCUT2D eigenvalue weighted by atomic mass is 31.2. The molecule has 192 valence electrons. The first-order valence-electron chi connectivity index (χ1n) is 10.4. The van der Waals surface area contributed by atoms with Crippen LogP contribution in [0.3, 0.4) is 0 Å². The summed E-state index contributed by atoms with van der Waals surface area (Å²) >= 11 is 0. The van der Waals surface area contributed by atoms with Crippen LogP contribution in [0.2, 0.25) is 0 Å². The number of H-pyrrole nitrogens is 1. The van der Waals surface area contributed by atoms with Gasteiger partial charge in [-0.15, -0.1) is 0 Å². The SMILES string of the molecule is CC(C)[C@H](NP(=O)(OC[C@H]1O[C@@H](n2ccc(=O)[nH]c2=O)C(F)(F)[C@@H]1O)Oc1ccccc1)C(=O)O. The zero-order valence-corrected chi connectivity index (χ0v) is 19.4. The minimum Gasteiger partial charge on any atom is -0.480 e. The fourth-order valence-electron chi connectivity index (χ4n) is 3.26. The number of carboxylic acid groups (broad SMARTS) is 1. The van der Waals surface area contributed by atoms with E-state index in [0.29, 0.717) is 4.57 Å². The number of para-hydroxylation sites is 1. The molecule has 0 radical (unpaired) electrons. The lowest BCUT2D eigenvalue weighted by atomic mass is 10.1. The van der Waals surface area contributed by atoms with E-state index in [9.17, 15) is 37.9 Å². The Bertz CT molecular complexity index is 1200. The largest absolute Gasteiger partial charge is 0.480 e. The summed E-state index contributed by atoms with van der Waals surface area (Å²) in [5, 5.41) is 21.9. The Hall–Kier alpha value is -2.90. The van der Waals surface area contributed by atoms with Gasteiger partial charge in [0, 0.05) is 12.3 Å². The molecule has 0 aliphatic carbocycles. The smallest absolute Gasteiger partial charge is 0.459 e. The third kappa shape index (κ3) is 6.03. The zero-order valence-electron chi connectivity index (χ0n) is 18.5. The summed E-state index contributed by atoms with van der Waals surface area (Å²) in [5.74, 6) is -5.90. The van der Waals surface area contributed by atoms with E-state index in [4.69, 9.17) is 13.8 Å². The van der Waals surface area contributed by atoms with Crippen molar-refractivity contribution >= 4 is 13.7 Å². The number of aromatic nitrogens is 2. The quantitative estimate of drug-likeness (QED) is 0.336. The molecule has 0 amide bonds. The second-order valence-corrected chi connectivity index (χ2v) is 9.74. The maximum absolute atomic E-state index is 14.7. The number of ether oxygens (including phenoxy) is 1. The highest BCUT2D eigenvalue weighted by molar-refractivity contribution is 7.52. The molecule has 1 saturated heterocycles. The van der Waals surface area contributed by atoms with Crippen molar-refractivity contribution in [3.63, 3.8) is 0 Å². The van der Waals surface area contributed by atoms with Crippen LogP contribution < -0.4 is 20.9 Å². The van der Waals surface area contributed by atoms with Crippen LogP contribution in [0.1, 0.15) is 20.1 Å². The van der Waals surface area contributed by atoms with Crippen molar-refractivity contribution < 1.29 is 42.1 Å². The summed E-state index contributed by atoms with van der Waals surface area (Å²) in [6.07, 6.45) is -5.83. The lowest BCUT2D eigenvalue weighted by molar-refractivity contribution is -0.141. The lowest BCUT2D eigenvalue weighted by Crippen LogP contribution is -2.43.